The molecule has 4 aromatic rings. The predicted octanol–water partition coefficient (Wildman–Crippen LogP) is 7.50. The molecular formula is C37H39Cl2N3O4S. The number of nitrogens with zero attached hydrogens (tertiary/aromatic N) is 2. The van der Waals surface area contributed by atoms with Crippen LogP contribution >= 0.6 is 23.2 Å². The normalized spacial score (nSPS) is 14.0. The molecule has 5 rings (SSSR count). The van der Waals surface area contributed by atoms with Crippen molar-refractivity contribution in [2.45, 2.75) is 69.5 Å². The van der Waals surface area contributed by atoms with Crippen LogP contribution in [0.1, 0.15) is 47.9 Å². The Kier molecular flexibility index (Phi) is 11.3. The number of rotatable bonds is 12. The molecule has 0 aliphatic heterocycles. The molecule has 10 heteroatoms. The molecule has 0 bridgehead atoms. The average Bonchev–Trinajstić information content (AvgIpc) is 3.57. The van der Waals surface area contributed by atoms with Gasteiger partial charge in [0.2, 0.25) is 11.8 Å². The second-order valence-electron chi connectivity index (χ2n) is 12.0. The molecule has 2 amide bonds. The van der Waals surface area contributed by atoms with Crippen molar-refractivity contribution < 1.29 is 18.0 Å². The highest BCUT2D eigenvalue weighted by molar-refractivity contribution is 7.92. The molecule has 1 aliphatic carbocycles. The Morgan fingerprint density at radius 1 is 0.830 bits per heavy atom. The number of para-hydroxylation sites is 1. The summed E-state index contributed by atoms with van der Waals surface area (Å²) in [4.78, 5) is 30.4. The Hall–Kier alpha value is -3.85. The van der Waals surface area contributed by atoms with Gasteiger partial charge in [-0.25, -0.2) is 8.42 Å². The van der Waals surface area contributed by atoms with E-state index in [0.29, 0.717) is 26.9 Å². The van der Waals surface area contributed by atoms with Gasteiger partial charge in [-0.2, -0.15) is 0 Å². The molecule has 0 spiro atoms. The Bertz CT molecular complexity index is 1790. The lowest BCUT2D eigenvalue weighted by atomic mass is 10.0. The molecule has 0 saturated heterocycles. The van der Waals surface area contributed by atoms with E-state index in [1.807, 2.05) is 43.3 Å². The van der Waals surface area contributed by atoms with Gasteiger partial charge in [-0.05, 0) is 68.1 Å². The summed E-state index contributed by atoms with van der Waals surface area (Å²) in [6.07, 6.45) is 3.99. The van der Waals surface area contributed by atoms with Crippen molar-refractivity contribution in [1.29, 1.82) is 0 Å². The van der Waals surface area contributed by atoms with E-state index in [0.717, 1.165) is 41.1 Å². The van der Waals surface area contributed by atoms with E-state index in [9.17, 15) is 18.0 Å². The van der Waals surface area contributed by atoms with E-state index < -0.39 is 28.5 Å². The summed E-state index contributed by atoms with van der Waals surface area (Å²) in [5.41, 5.74) is 3.27. The van der Waals surface area contributed by atoms with Crippen LogP contribution in [0.4, 0.5) is 5.69 Å². The number of carbonyl (C=O) groups excluding carboxylic acids is 2. The topological polar surface area (TPSA) is 86.8 Å². The number of benzene rings is 4. The van der Waals surface area contributed by atoms with Gasteiger partial charge in [0.15, 0.2) is 0 Å². The van der Waals surface area contributed by atoms with Gasteiger partial charge in [-0.3, -0.25) is 13.9 Å². The van der Waals surface area contributed by atoms with Gasteiger partial charge in [-0.1, -0.05) is 108 Å². The minimum absolute atomic E-state index is 0.00649. The average molecular weight is 693 g/mol. The monoisotopic (exact) mass is 691 g/mol. The molecule has 0 unspecified atom stereocenters. The molecule has 4 aromatic carbocycles. The fraction of sp³-hybridized carbons (Fsp3) is 0.297. The van der Waals surface area contributed by atoms with Crippen LogP contribution in [0.2, 0.25) is 10.0 Å². The van der Waals surface area contributed by atoms with Gasteiger partial charge in [-0.15, -0.1) is 0 Å². The third-order valence-electron chi connectivity index (χ3n) is 8.63. The van der Waals surface area contributed by atoms with Gasteiger partial charge < -0.3 is 10.2 Å². The predicted molar refractivity (Wildman–Crippen MR) is 188 cm³/mol. The first-order chi connectivity index (χ1) is 22.5. The number of carbonyl (C=O) groups is 2. The Balaban J connectivity index is 1.60. The summed E-state index contributed by atoms with van der Waals surface area (Å²) in [7, 11) is -4.20. The third kappa shape index (κ3) is 8.36. The van der Waals surface area contributed by atoms with Crippen molar-refractivity contribution in [3.05, 3.63) is 129 Å². The van der Waals surface area contributed by atoms with Crippen LogP contribution in [-0.2, 0) is 32.6 Å². The quantitative estimate of drug-likeness (QED) is 0.167. The van der Waals surface area contributed by atoms with E-state index >= 15 is 0 Å². The van der Waals surface area contributed by atoms with Gasteiger partial charge in [0, 0.05) is 34.6 Å². The standard InChI is InChI=1S/C37H39Cl2N3O4S/c1-26-19-21-30(22-20-26)47(45,46)42(34-18-9-6-11-27(34)2)25-36(43)41(24-31-32(38)16-10-17-33(31)39)35(23-28-12-4-3-5-13-28)37(44)40-29-14-7-8-15-29/h3-6,9-13,16-22,29,35H,7-8,14-15,23-25H2,1-2H3,(H,40,44)/t35-/m0/s1. The van der Waals surface area contributed by atoms with E-state index in [2.05, 4.69) is 5.32 Å². The Morgan fingerprint density at radius 2 is 1.45 bits per heavy atom. The number of sulfonamides is 1. The van der Waals surface area contributed by atoms with Gasteiger partial charge >= 0.3 is 0 Å². The number of hydrogen-bond acceptors (Lipinski definition) is 4. The summed E-state index contributed by atoms with van der Waals surface area (Å²) < 4.78 is 29.7. The molecule has 47 heavy (non-hydrogen) atoms. The fourth-order valence-electron chi connectivity index (χ4n) is 5.97. The zero-order chi connectivity index (χ0) is 33.6. The van der Waals surface area contributed by atoms with Crippen molar-refractivity contribution in [3.8, 4) is 0 Å². The van der Waals surface area contributed by atoms with Crippen molar-refractivity contribution in [2.24, 2.45) is 0 Å². The molecule has 1 saturated carbocycles. The second kappa shape index (κ2) is 15.4. The maximum atomic E-state index is 14.7. The lowest BCUT2D eigenvalue weighted by molar-refractivity contribution is -0.140. The van der Waals surface area contributed by atoms with Crippen LogP contribution in [0.3, 0.4) is 0 Å². The Labute approximate surface area is 287 Å². The molecule has 0 heterocycles. The fourth-order valence-corrected chi connectivity index (χ4v) is 7.96. The summed E-state index contributed by atoms with van der Waals surface area (Å²) >= 11 is 13.2. The number of aryl methyl sites for hydroxylation is 2. The minimum atomic E-state index is -4.20. The van der Waals surface area contributed by atoms with Crippen LogP contribution < -0.4 is 9.62 Å². The van der Waals surface area contributed by atoms with E-state index in [1.165, 1.54) is 17.0 Å². The molecule has 1 aliphatic rings. The lowest BCUT2D eigenvalue weighted by Crippen LogP contribution is -2.54. The minimum Gasteiger partial charge on any atom is -0.352 e. The van der Waals surface area contributed by atoms with E-state index in [1.54, 1.807) is 55.5 Å². The number of hydrogen-bond donors (Lipinski definition) is 1. The van der Waals surface area contributed by atoms with Crippen molar-refractivity contribution in [2.75, 3.05) is 10.8 Å². The third-order valence-corrected chi connectivity index (χ3v) is 11.1. The first kappa shape index (κ1) is 34.5. The number of nitrogens with one attached hydrogen (secondary N) is 1. The van der Waals surface area contributed by atoms with Crippen molar-refractivity contribution in [3.63, 3.8) is 0 Å². The summed E-state index contributed by atoms with van der Waals surface area (Å²) in [5.74, 6) is -0.872. The number of amides is 2. The number of anilines is 1. The van der Waals surface area contributed by atoms with Crippen LogP contribution in [-0.4, -0.2) is 43.8 Å². The van der Waals surface area contributed by atoms with E-state index in [4.69, 9.17) is 23.2 Å². The van der Waals surface area contributed by atoms with Gasteiger partial charge in [0.05, 0.1) is 10.6 Å². The summed E-state index contributed by atoms with van der Waals surface area (Å²) in [6.45, 7) is 3.02. The highest BCUT2D eigenvalue weighted by Gasteiger charge is 2.36. The first-order valence-electron chi connectivity index (χ1n) is 15.8. The molecule has 1 N–H and O–H groups in total. The first-order valence-corrected chi connectivity index (χ1v) is 18.0. The Morgan fingerprint density at radius 3 is 2.09 bits per heavy atom. The maximum absolute atomic E-state index is 14.7. The van der Waals surface area contributed by atoms with Crippen molar-refractivity contribution in [1.82, 2.24) is 10.2 Å². The smallest absolute Gasteiger partial charge is 0.264 e. The van der Waals surface area contributed by atoms with Crippen LogP contribution in [0.25, 0.3) is 0 Å². The summed E-state index contributed by atoms with van der Waals surface area (Å²) in [6, 6.07) is 27.1. The highest BCUT2D eigenvalue weighted by atomic mass is 35.5. The molecule has 1 fully saturated rings. The molecule has 246 valence electrons. The number of halogens is 2. The van der Waals surface area contributed by atoms with Crippen LogP contribution in [0.5, 0.6) is 0 Å². The summed E-state index contributed by atoms with van der Waals surface area (Å²) in [5, 5.41) is 3.86. The molecular weight excluding hydrogens is 653 g/mol. The van der Waals surface area contributed by atoms with Crippen LogP contribution in [0.15, 0.2) is 102 Å². The zero-order valence-corrected chi connectivity index (χ0v) is 28.9. The highest BCUT2D eigenvalue weighted by Crippen LogP contribution is 2.30. The second-order valence-corrected chi connectivity index (χ2v) is 14.7. The lowest BCUT2D eigenvalue weighted by Gasteiger charge is -2.35. The maximum Gasteiger partial charge on any atom is 0.264 e. The van der Waals surface area contributed by atoms with E-state index in [-0.39, 0.29) is 29.8 Å². The SMILES string of the molecule is Cc1ccc(S(=O)(=O)N(CC(=O)N(Cc2c(Cl)cccc2Cl)[C@@H](Cc2ccccc2)C(=O)NC2CCCC2)c2ccccc2C)cc1. The molecule has 7 nitrogen and oxygen atoms in total. The molecule has 0 radical (unpaired) electrons. The van der Waals surface area contributed by atoms with Crippen LogP contribution in [0, 0.1) is 13.8 Å². The molecule has 1 atom stereocenters. The van der Waals surface area contributed by atoms with Gasteiger partial charge in [0.25, 0.3) is 10.0 Å². The van der Waals surface area contributed by atoms with Gasteiger partial charge in [0.1, 0.15) is 12.6 Å². The zero-order valence-electron chi connectivity index (χ0n) is 26.5. The van der Waals surface area contributed by atoms with Crippen molar-refractivity contribution >= 4 is 50.7 Å². The molecule has 0 aromatic heterocycles. The largest absolute Gasteiger partial charge is 0.352 e.